The highest BCUT2D eigenvalue weighted by molar-refractivity contribution is 9.10. The molecule has 8 rings (SSSR count). The lowest BCUT2D eigenvalue weighted by molar-refractivity contribution is 0.0515. The van der Waals surface area contributed by atoms with Crippen LogP contribution in [-0.2, 0) is 44.5 Å². The standard InChI is InChI=1S/C31H33N3O4.C18H19BrN2O2/c1-2-37-29(35)26-20-32-28(33-21-26)19-31(15-6-16-31)27-11-9-24(10-12-27)25-13-17-34(18-14-25)30(36)38-22-23-7-4-3-5-8-23;1-2-23-17(22)13-11-20-16(21-12-13)10-18(8-3-9-18)14-4-6-15(19)7-5-14/h3-5,7-13,20-21H,2,6,14-19,22H2,1H3;4-7,11-12H,2-3,8-10H2,1H3. The van der Waals surface area contributed by atoms with Crippen LogP contribution in [0, 0.1) is 0 Å². The number of carbonyl (C=O) groups excluding carboxylic acids is 3. The molecule has 2 saturated carbocycles. The lowest BCUT2D eigenvalue weighted by Crippen LogP contribution is -2.37. The zero-order chi connectivity index (χ0) is 42.7. The van der Waals surface area contributed by atoms with Gasteiger partial charge in [-0.2, -0.15) is 0 Å². The predicted octanol–water partition coefficient (Wildman–Crippen LogP) is 9.82. The molecule has 2 aromatic heterocycles. The van der Waals surface area contributed by atoms with Gasteiger partial charge in [0.25, 0.3) is 0 Å². The van der Waals surface area contributed by atoms with Crippen molar-refractivity contribution in [3.63, 3.8) is 0 Å². The summed E-state index contributed by atoms with van der Waals surface area (Å²) in [4.78, 5) is 55.4. The van der Waals surface area contributed by atoms with Crippen LogP contribution in [0.25, 0.3) is 5.57 Å². The van der Waals surface area contributed by atoms with E-state index < -0.39 is 5.97 Å². The number of nitrogens with zero attached hydrogens (tertiary/aromatic N) is 5. The first-order valence-corrected chi connectivity index (χ1v) is 22.0. The Bertz CT molecular complexity index is 2280. The van der Waals surface area contributed by atoms with E-state index in [2.05, 4.69) is 90.5 Å². The average Bonchev–Trinajstić information content (AvgIpc) is 3.27. The van der Waals surface area contributed by atoms with E-state index in [9.17, 15) is 14.4 Å². The van der Waals surface area contributed by atoms with Crippen molar-refractivity contribution in [2.45, 2.75) is 89.1 Å². The molecule has 3 aromatic carbocycles. The topological polar surface area (TPSA) is 134 Å². The van der Waals surface area contributed by atoms with Gasteiger partial charge < -0.3 is 19.1 Å². The Labute approximate surface area is 366 Å². The Morgan fingerprint density at radius 3 is 1.57 bits per heavy atom. The molecule has 3 heterocycles. The highest BCUT2D eigenvalue weighted by Gasteiger charge is 2.40. The molecule has 0 N–H and O–H groups in total. The second-order valence-electron chi connectivity index (χ2n) is 15.9. The maximum Gasteiger partial charge on any atom is 0.410 e. The van der Waals surface area contributed by atoms with Gasteiger partial charge in [-0.1, -0.05) is 102 Å². The predicted molar refractivity (Wildman–Crippen MR) is 236 cm³/mol. The summed E-state index contributed by atoms with van der Waals surface area (Å²) in [6, 6.07) is 27.1. The van der Waals surface area contributed by atoms with Gasteiger partial charge in [-0.3, -0.25) is 0 Å². The molecule has 0 atom stereocenters. The molecule has 5 aromatic rings. The van der Waals surface area contributed by atoms with Gasteiger partial charge >= 0.3 is 18.0 Å². The molecular formula is C49H52BrN5O6. The van der Waals surface area contributed by atoms with Gasteiger partial charge in [0.05, 0.1) is 24.3 Å². The van der Waals surface area contributed by atoms with Crippen molar-refractivity contribution in [3.8, 4) is 0 Å². The molecule has 3 aliphatic rings. The van der Waals surface area contributed by atoms with E-state index in [1.807, 2.05) is 30.3 Å². The third-order valence-electron chi connectivity index (χ3n) is 12.0. The maximum atomic E-state index is 12.5. The van der Waals surface area contributed by atoms with E-state index in [0.717, 1.165) is 66.6 Å². The zero-order valence-corrected chi connectivity index (χ0v) is 36.4. The van der Waals surface area contributed by atoms with Crippen molar-refractivity contribution in [1.29, 1.82) is 0 Å². The molecule has 0 spiro atoms. The van der Waals surface area contributed by atoms with Crippen molar-refractivity contribution in [1.82, 2.24) is 24.8 Å². The molecule has 1 aliphatic heterocycles. The van der Waals surface area contributed by atoms with Crippen LogP contribution in [0.3, 0.4) is 0 Å². The number of rotatable bonds is 13. The minimum atomic E-state index is -0.391. The normalized spacial score (nSPS) is 16.0. The summed E-state index contributed by atoms with van der Waals surface area (Å²) in [5, 5.41) is 0. The molecule has 2 fully saturated rings. The van der Waals surface area contributed by atoms with E-state index in [1.54, 1.807) is 43.5 Å². The van der Waals surface area contributed by atoms with Crippen LogP contribution in [0.2, 0.25) is 0 Å². The Hall–Kier alpha value is -5.75. The molecule has 316 valence electrons. The number of aromatic nitrogens is 4. The minimum absolute atomic E-state index is 0.0320. The van der Waals surface area contributed by atoms with Gasteiger partial charge in [-0.05, 0) is 85.9 Å². The van der Waals surface area contributed by atoms with Gasteiger partial charge in [0.2, 0.25) is 0 Å². The van der Waals surface area contributed by atoms with Crippen molar-refractivity contribution in [2.75, 3.05) is 26.3 Å². The third kappa shape index (κ3) is 10.8. The molecule has 11 nitrogen and oxygen atoms in total. The fraction of sp³-hybridized carbons (Fsp3) is 0.367. The third-order valence-corrected chi connectivity index (χ3v) is 12.6. The fourth-order valence-electron chi connectivity index (χ4n) is 8.23. The first-order chi connectivity index (χ1) is 29.7. The first-order valence-electron chi connectivity index (χ1n) is 21.2. The second kappa shape index (κ2) is 20.2. The molecule has 0 saturated heterocycles. The quantitative estimate of drug-likeness (QED) is 0.0831. The Balaban J connectivity index is 0.000000208. The molecule has 12 heteroatoms. The molecule has 2 aliphatic carbocycles. The molecule has 0 radical (unpaired) electrons. The number of amides is 1. The number of benzene rings is 3. The van der Waals surface area contributed by atoms with Crippen LogP contribution in [0.4, 0.5) is 4.79 Å². The minimum Gasteiger partial charge on any atom is -0.462 e. The van der Waals surface area contributed by atoms with Gasteiger partial charge in [0.1, 0.15) is 18.3 Å². The van der Waals surface area contributed by atoms with Crippen LogP contribution < -0.4 is 0 Å². The number of ether oxygens (including phenoxy) is 3. The van der Waals surface area contributed by atoms with Crippen molar-refractivity contribution < 1.29 is 28.6 Å². The molecule has 61 heavy (non-hydrogen) atoms. The Morgan fingerprint density at radius 2 is 1.15 bits per heavy atom. The van der Waals surface area contributed by atoms with Crippen LogP contribution in [0.5, 0.6) is 0 Å². The Kier molecular flexibility index (Phi) is 14.4. The van der Waals surface area contributed by atoms with Crippen molar-refractivity contribution >= 4 is 39.5 Å². The van der Waals surface area contributed by atoms with E-state index in [-0.39, 0.29) is 29.5 Å². The van der Waals surface area contributed by atoms with E-state index in [0.29, 0.717) is 37.4 Å². The number of carbonyl (C=O) groups is 3. The number of hydrogen-bond donors (Lipinski definition) is 0. The van der Waals surface area contributed by atoms with Gasteiger partial charge in [0, 0.05) is 66.0 Å². The van der Waals surface area contributed by atoms with Crippen molar-refractivity contribution in [2.24, 2.45) is 0 Å². The SMILES string of the molecule is CCOC(=O)c1cnc(CC2(c3ccc(Br)cc3)CCC2)nc1.CCOC(=O)c1cnc(CC2(c3ccc(C4=CCN(C(=O)OCc5ccccc5)CC4)cc3)CCC2)nc1. The highest BCUT2D eigenvalue weighted by atomic mass is 79.9. The average molecular weight is 887 g/mol. The smallest absolute Gasteiger partial charge is 0.410 e. The van der Waals surface area contributed by atoms with Gasteiger partial charge in [-0.25, -0.2) is 34.3 Å². The summed E-state index contributed by atoms with van der Waals surface area (Å²) >= 11 is 3.48. The second-order valence-corrected chi connectivity index (χ2v) is 16.8. The summed E-state index contributed by atoms with van der Waals surface area (Å²) in [6.07, 6.45) is 17.4. The summed E-state index contributed by atoms with van der Waals surface area (Å²) in [6.45, 7) is 5.73. The highest BCUT2D eigenvalue weighted by Crippen LogP contribution is 2.47. The molecule has 0 unspecified atom stereocenters. The fourth-order valence-corrected chi connectivity index (χ4v) is 8.49. The number of halogens is 1. The van der Waals surface area contributed by atoms with E-state index in [1.165, 1.54) is 35.1 Å². The zero-order valence-electron chi connectivity index (χ0n) is 34.9. The van der Waals surface area contributed by atoms with Crippen LogP contribution in [-0.4, -0.2) is 69.2 Å². The van der Waals surface area contributed by atoms with Crippen LogP contribution in [0.1, 0.15) is 113 Å². The number of hydrogen-bond acceptors (Lipinski definition) is 10. The molecular weight excluding hydrogens is 834 g/mol. The van der Waals surface area contributed by atoms with E-state index >= 15 is 0 Å². The lowest BCUT2D eigenvalue weighted by atomic mass is 9.62. The first kappa shape index (κ1) is 43.3. The monoisotopic (exact) mass is 885 g/mol. The van der Waals surface area contributed by atoms with E-state index in [4.69, 9.17) is 14.2 Å². The summed E-state index contributed by atoms with van der Waals surface area (Å²) in [5.41, 5.74) is 7.01. The Morgan fingerprint density at radius 1 is 0.656 bits per heavy atom. The summed E-state index contributed by atoms with van der Waals surface area (Å²) in [7, 11) is 0. The molecule has 0 bridgehead atoms. The number of esters is 2. The summed E-state index contributed by atoms with van der Waals surface area (Å²) in [5.74, 6) is 0.763. The molecule has 1 amide bonds. The maximum absolute atomic E-state index is 12.5. The largest absolute Gasteiger partial charge is 0.462 e. The van der Waals surface area contributed by atoms with Gasteiger partial charge in [-0.15, -0.1) is 0 Å². The van der Waals surface area contributed by atoms with Crippen molar-refractivity contribution in [3.05, 3.63) is 159 Å². The van der Waals surface area contributed by atoms with Gasteiger partial charge in [0.15, 0.2) is 0 Å². The van der Waals surface area contributed by atoms with Crippen LogP contribution in [0.15, 0.2) is 114 Å². The van der Waals surface area contributed by atoms with Crippen LogP contribution >= 0.6 is 15.9 Å². The lowest BCUT2D eigenvalue weighted by Gasteiger charge is -2.42. The summed E-state index contributed by atoms with van der Waals surface area (Å²) < 4.78 is 16.6.